The van der Waals surface area contributed by atoms with Crippen molar-refractivity contribution in [2.75, 3.05) is 19.8 Å². The Kier molecular flexibility index (Phi) is 7.28. The molecule has 2 aliphatic heterocycles. The molecule has 2 heterocycles. The molecule has 0 aliphatic carbocycles. The van der Waals surface area contributed by atoms with Gasteiger partial charge in [-0.3, -0.25) is 4.79 Å². The molecule has 150 valence electrons. The molecule has 26 heavy (non-hydrogen) atoms. The molecule has 0 saturated carbocycles. The molecule has 8 unspecified atom stereocenters. The number of rotatable bonds is 7. The Bertz CT molecular complexity index is 515. The molecule has 0 bridgehead atoms. The number of carbonyl (C=O) groups is 1. The predicted octanol–water partition coefficient (Wildman–Crippen LogP) is -3.60. The average molecular weight is 381 g/mol. The molecule has 12 heteroatoms. The highest BCUT2D eigenvalue weighted by atomic mass is 16.7. The quantitative estimate of drug-likeness (QED) is 0.229. The van der Waals surface area contributed by atoms with E-state index in [9.17, 15) is 25.2 Å². The molecule has 0 radical (unpaired) electrons. The number of aliphatic hydroxyl groups excluding tert-OH is 5. The third kappa shape index (κ3) is 4.88. The van der Waals surface area contributed by atoms with Crippen molar-refractivity contribution in [3.63, 3.8) is 0 Å². The summed E-state index contributed by atoms with van der Waals surface area (Å²) in [5.74, 6) is -1.65. The van der Waals surface area contributed by atoms with Crippen molar-refractivity contribution in [3.05, 3.63) is 11.8 Å². The number of aliphatic hydroxyl groups is 5. The van der Waals surface area contributed by atoms with Crippen LogP contribution in [0, 0.1) is 0 Å². The van der Waals surface area contributed by atoms with Crippen LogP contribution in [0.2, 0.25) is 0 Å². The van der Waals surface area contributed by atoms with E-state index in [2.05, 4.69) is 0 Å². The first kappa shape index (κ1) is 21.0. The zero-order chi connectivity index (χ0) is 19.4. The zero-order valence-corrected chi connectivity index (χ0v) is 13.6. The summed E-state index contributed by atoms with van der Waals surface area (Å²) in [4.78, 5) is 10.6. The molecular formula is C14H23NO11. The fraction of sp³-hybridized carbons (Fsp3) is 0.786. The Morgan fingerprint density at radius 3 is 2.62 bits per heavy atom. The maximum Gasteiger partial charge on any atom is 0.322 e. The number of carboxylic acids is 1. The SMILES string of the molecule is NC(COC1OCC(OC2OC(CO)C(O)=CC2O)C(O)C1O)C(=O)O. The van der Waals surface area contributed by atoms with E-state index in [1.54, 1.807) is 0 Å². The molecule has 1 saturated heterocycles. The summed E-state index contributed by atoms with van der Waals surface area (Å²) < 4.78 is 20.8. The number of hydrogen-bond donors (Lipinski definition) is 7. The van der Waals surface area contributed by atoms with Crippen LogP contribution in [0.5, 0.6) is 0 Å². The Morgan fingerprint density at radius 1 is 1.31 bits per heavy atom. The van der Waals surface area contributed by atoms with Gasteiger partial charge >= 0.3 is 5.97 Å². The van der Waals surface area contributed by atoms with Crippen LogP contribution in [0.4, 0.5) is 0 Å². The van der Waals surface area contributed by atoms with Crippen molar-refractivity contribution in [2.45, 2.75) is 49.1 Å². The van der Waals surface area contributed by atoms with Gasteiger partial charge in [0.1, 0.15) is 42.3 Å². The lowest BCUT2D eigenvalue weighted by atomic mass is 10.0. The fourth-order valence-corrected chi connectivity index (χ4v) is 2.40. The van der Waals surface area contributed by atoms with Crippen molar-refractivity contribution in [1.29, 1.82) is 0 Å². The van der Waals surface area contributed by atoms with E-state index in [4.69, 9.17) is 34.9 Å². The lowest BCUT2D eigenvalue weighted by molar-refractivity contribution is -0.313. The van der Waals surface area contributed by atoms with Crippen LogP contribution in [0.1, 0.15) is 0 Å². The fourth-order valence-electron chi connectivity index (χ4n) is 2.40. The van der Waals surface area contributed by atoms with Crippen molar-refractivity contribution in [2.24, 2.45) is 5.73 Å². The number of carboxylic acid groups (broad SMARTS) is 1. The number of ether oxygens (including phenoxy) is 4. The van der Waals surface area contributed by atoms with E-state index < -0.39 is 68.3 Å². The van der Waals surface area contributed by atoms with Crippen molar-refractivity contribution < 1.29 is 54.4 Å². The summed E-state index contributed by atoms with van der Waals surface area (Å²) in [7, 11) is 0. The summed E-state index contributed by atoms with van der Waals surface area (Å²) in [6.07, 6.45) is -8.27. The van der Waals surface area contributed by atoms with Gasteiger partial charge in [0.2, 0.25) is 0 Å². The molecular weight excluding hydrogens is 358 g/mol. The molecule has 0 amide bonds. The molecule has 8 N–H and O–H groups in total. The summed E-state index contributed by atoms with van der Waals surface area (Å²) in [6.45, 7) is -1.26. The molecule has 1 fully saturated rings. The molecule has 0 aromatic heterocycles. The number of hydrogen-bond acceptors (Lipinski definition) is 11. The van der Waals surface area contributed by atoms with Crippen molar-refractivity contribution in [3.8, 4) is 0 Å². The topological polar surface area (TPSA) is 201 Å². The number of nitrogens with two attached hydrogens (primary N) is 1. The van der Waals surface area contributed by atoms with E-state index in [0.29, 0.717) is 0 Å². The van der Waals surface area contributed by atoms with Crippen molar-refractivity contribution in [1.82, 2.24) is 0 Å². The van der Waals surface area contributed by atoms with Crippen LogP contribution in [0.15, 0.2) is 11.8 Å². The molecule has 2 rings (SSSR count). The summed E-state index contributed by atoms with van der Waals surface area (Å²) in [5, 5.41) is 57.3. The summed E-state index contributed by atoms with van der Waals surface area (Å²) >= 11 is 0. The van der Waals surface area contributed by atoms with Crippen LogP contribution < -0.4 is 5.73 Å². The average Bonchev–Trinajstić information content (AvgIpc) is 2.59. The monoisotopic (exact) mass is 381 g/mol. The second kappa shape index (κ2) is 9.03. The van der Waals surface area contributed by atoms with E-state index in [1.807, 2.05) is 0 Å². The van der Waals surface area contributed by atoms with Gasteiger partial charge in [0.25, 0.3) is 0 Å². The molecule has 8 atom stereocenters. The van der Waals surface area contributed by atoms with Gasteiger partial charge in [-0.15, -0.1) is 0 Å². The molecule has 2 aliphatic rings. The maximum atomic E-state index is 10.6. The highest BCUT2D eigenvalue weighted by Crippen LogP contribution is 2.25. The van der Waals surface area contributed by atoms with Crippen LogP contribution in [-0.4, -0.2) is 106 Å². The van der Waals surface area contributed by atoms with E-state index >= 15 is 0 Å². The van der Waals surface area contributed by atoms with Gasteiger partial charge < -0.3 is 55.3 Å². The summed E-state index contributed by atoms with van der Waals surface area (Å²) in [5.41, 5.74) is 5.28. The third-order valence-electron chi connectivity index (χ3n) is 3.92. The third-order valence-corrected chi connectivity index (χ3v) is 3.92. The molecule has 0 aromatic rings. The van der Waals surface area contributed by atoms with Gasteiger partial charge in [-0.2, -0.15) is 0 Å². The Hall–Kier alpha value is -1.35. The Morgan fingerprint density at radius 2 is 2.00 bits per heavy atom. The van der Waals surface area contributed by atoms with Gasteiger partial charge in [-0.25, -0.2) is 0 Å². The normalized spacial score (nSPS) is 39.3. The highest BCUT2D eigenvalue weighted by Gasteiger charge is 2.43. The first-order valence-electron chi connectivity index (χ1n) is 7.82. The van der Waals surface area contributed by atoms with Gasteiger partial charge in [-0.1, -0.05) is 0 Å². The van der Waals surface area contributed by atoms with Crippen LogP contribution in [0.3, 0.4) is 0 Å². The Labute approximate surface area is 148 Å². The zero-order valence-electron chi connectivity index (χ0n) is 13.6. The van der Waals surface area contributed by atoms with Crippen molar-refractivity contribution >= 4 is 5.97 Å². The minimum atomic E-state index is -1.58. The summed E-state index contributed by atoms with van der Waals surface area (Å²) in [6, 6.07) is -1.32. The van der Waals surface area contributed by atoms with Gasteiger partial charge in [0.15, 0.2) is 12.6 Å². The van der Waals surface area contributed by atoms with E-state index in [1.165, 1.54) is 0 Å². The highest BCUT2D eigenvalue weighted by molar-refractivity contribution is 5.73. The Balaban J connectivity index is 1.90. The van der Waals surface area contributed by atoms with E-state index in [-0.39, 0.29) is 12.4 Å². The molecule has 0 spiro atoms. The predicted molar refractivity (Wildman–Crippen MR) is 80.7 cm³/mol. The number of aliphatic carboxylic acids is 1. The minimum absolute atomic E-state index is 0.267. The largest absolute Gasteiger partial charge is 0.510 e. The lowest BCUT2D eigenvalue weighted by Crippen LogP contribution is -2.57. The minimum Gasteiger partial charge on any atom is -0.510 e. The maximum absolute atomic E-state index is 10.6. The first-order valence-corrected chi connectivity index (χ1v) is 7.82. The molecule has 0 aromatic carbocycles. The second-order valence-electron chi connectivity index (χ2n) is 5.89. The van der Waals surface area contributed by atoms with E-state index in [0.717, 1.165) is 6.08 Å². The smallest absolute Gasteiger partial charge is 0.322 e. The van der Waals surface area contributed by atoms with Gasteiger partial charge in [0, 0.05) is 0 Å². The standard InChI is InChI=1S/C14H23NO11/c15-5(12(21)22)3-23-14-11(20)10(19)9(4-24-14)26-13-7(18)1-6(17)8(2-16)25-13/h1,5,7-11,13-14,16-20H,2-4,15H2,(H,21,22). The second-order valence-corrected chi connectivity index (χ2v) is 5.89. The first-order chi connectivity index (χ1) is 12.2. The van der Waals surface area contributed by atoms with Crippen LogP contribution in [0.25, 0.3) is 0 Å². The van der Waals surface area contributed by atoms with Crippen LogP contribution in [-0.2, 0) is 23.7 Å². The van der Waals surface area contributed by atoms with Gasteiger partial charge in [0.05, 0.1) is 19.8 Å². The lowest BCUT2D eigenvalue weighted by Gasteiger charge is -2.40. The molecule has 12 nitrogen and oxygen atoms in total. The van der Waals surface area contributed by atoms with Gasteiger partial charge in [-0.05, 0) is 6.08 Å². The van der Waals surface area contributed by atoms with Crippen LogP contribution >= 0.6 is 0 Å².